The lowest BCUT2D eigenvalue weighted by atomic mass is 10.1. The SMILES string of the molecule is CSc1nccc(-c2nc(-c3c(Cl)cc(CO)cc3Cl)n(O)c2-c2sccc2C)n1. The molecule has 0 aliphatic heterocycles. The van der Waals surface area contributed by atoms with Crippen LogP contribution < -0.4 is 0 Å². The van der Waals surface area contributed by atoms with Crippen molar-refractivity contribution in [2.24, 2.45) is 0 Å². The lowest BCUT2D eigenvalue weighted by Gasteiger charge is -2.09. The van der Waals surface area contributed by atoms with E-state index in [1.807, 2.05) is 24.6 Å². The van der Waals surface area contributed by atoms with Crippen LogP contribution in [0.5, 0.6) is 0 Å². The highest BCUT2D eigenvalue weighted by Crippen LogP contribution is 2.42. The highest BCUT2D eigenvalue weighted by atomic mass is 35.5. The van der Waals surface area contributed by atoms with Crippen molar-refractivity contribution < 1.29 is 10.3 Å². The fourth-order valence-corrected chi connectivity index (χ4v) is 5.09. The van der Waals surface area contributed by atoms with Gasteiger partial charge < -0.3 is 10.3 Å². The summed E-state index contributed by atoms with van der Waals surface area (Å²) in [6, 6.07) is 6.92. The molecule has 0 aliphatic carbocycles. The highest BCUT2D eigenvalue weighted by Gasteiger charge is 2.26. The van der Waals surface area contributed by atoms with E-state index in [0.29, 0.717) is 33.4 Å². The van der Waals surface area contributed by atoms with Crippen LogP contribution in [0.2, 0.25) is 10.0 Å². The molecule has 0 amide bonds. The first-order valence-corrected chi connectivity index (χ1v) is 11.6. The van der Waals surface area contributed by atoms with Crippen LogP contribution in [0.15, 0.2) is 41.0 Å². The van der Waals surface area contributed by atoms with Crippen molar-refractivity contribution in [2.75, 3.05) is 6.26 Å². The maximum absolute atomic E-state index is 11.2. The van der Waals surface area contributed by atoms with Gasteiger partial charge in [-0.15, -0.1) is 11.3 Å². The fourth-order valence-electron chi connectivity index (χ4n) is 3.07. The minimum absolute atomic E-state index is 0.191. The minimum atomic E-state index is -0.198. The summed E-state index contributed by atoms with van der Waals surface area (Å²) < 4.78 is 1.00. The van der Waals surface area contributed by atoms with Crippen LogP contribution in [0.3, 0.4) is 0 Å². The summed E-state index contributed by atoms with van der Waals surface area (Å²) in [6.45, 7) is 1.77. The number of hydrogen-bond donors (Lipinski definition) is 2. The monoisotopic (exact) mass is 478 g/mol. The van der Waals surface area contributed by atoms with Gasteiger partial charge in [-0.25, -0.2) is 15.0 Å². The largest absolute Gasteiger partial charge is 0.426 e. The summed E-state index contributed by atoms with van der Waals surface area (Å²) in [5.41, 5.74) is 3.51. The molecule has 0 aliphatic rings. The molecule has 3 heterocycles. The van der Waals surface area contributed by atoms with Gasteiger partial charge in [0.2, 0.25) is 0 Å². The molecule has 6 nitrogen and oxygen atoms in total. The van der Waals surface area contributed by atoms with Crippen LogP contribution in [-0.2, 0) is 6.61 Å². The van der Waals surface area contributed by atoms with Crippen LogP contribution in [-0.4, -0.2) is 36.3 Å². The van der Waals surface area contributed by atoms with Crippen molar-refractivity contribution in [3.63, 3.8) is 0 Å². The Morgan fingerprint density at radius 2 is 1.90 bits per heavy atom. The maximum atomic E-state index is 11.2. The predicted molar refractivity (Wildman–Crippen MR) is 122 cm³/mol. The first kappa shape index (κ1) is 21.1. The molecule has 0 radical (unpaired) electrons. The predicted octanol–water partition coefficient (Wildman–Crippen LogP) is 5.80. The topological polar surface area (TPSA) is 84.1 Å². The number of aromatic nitrogens is 4. The Hall–Kier alpha value is -2.10. The molecule has 0 fully saturated rings. The molecule has 30 heavy (non-hydrogen) atoms. The molecular weight excluding hydrogens is 463 g/mol. The quantitative estimate of drug-likeness (QED) is 0.214. The Labute approximate surface area is 191 Å². The van der Waals surface area contributed by atoms with Gasteiger partial charge in [0.05, 0.1) is 32.8 Å². The lowest BCUT2D eigenvalue weighted by Crippen LogP contribution is -1.99. The summed E-state index contributed by atoms with van der Waals surface area (Å²) in [7, 11) is 0. The number of benzene rings is 1. The number of aliphatic hydroxyl groups excluding tert-OH is 1. The Bertz CT molecular complexity index is 1220. The Kier molecular flexibility index (Phi) is 6.04. The number of thioether (sulfide) groups is 1. The number of rotatable bonds is 5. The smallest absolute Gasteiger partial charge is 0.187 e. The number of hydrogen-bond acceptors (Lipinski definition) is 7. The van der Waals surface area contributed by atoms with E-state index in [1.165, 1.54) is 23.1 Å². The van der Waals surface area contributed by atoms with Gasteiger partial charge in [0, 0.05) is 6.20 Å². The fraction of sp³-hybridized carbons (Fsp3) is 0.150. The van der Waals surface area contributed by atoms with E-state index in [-0.39, 0.29) is 22.5 Å². The zero-order valence-electron chi connectivity index (χ0n) is 15.9. The van der Waals surface area contributed by atoms with Crippen molar-refractivity contribution in [2.45, 2.75) is 18.7 Å². The summed E-state index contributed by atoms with van der Waals surface area (Å²) >= 11 is 15.8. The average molecular weight is 479 g/mol. The maximum Gasteiger partial charge on any atom is 0.187 e. The summed E-state index contributed by atoms with van der Waals surface area (Å²) in [5.74, 6) is 0.191. The molecule has 0 spiro atoms. The molecule has 1 aromatic carbocycles. The number of imidazole rings is 1. The van der Waals surface area contributed by atoms with Gasteiger partial charge in [-0.2, -0.15) is 4.73 Å². The second-order valence-corrected chi connectivity index (χ2v) is 8.90. The summed E-state index contributed by atoms with van der Waals surface area (Å²) in [6.07, 6.45) is 3.55. The molecule has 10 heteroatoms. The van der Waals surface area contributed by atoms with E-state index in [4.69, 9.17) is 23.2 Å². The van der Waals surface area contributed by atoms with Crippen LogP contribution >= 0.6 is 46.3 Å². The third-order valence-electron chi connectivity index (χ3n) is 4.50. The Morgan fingerprint density at radius 1 is 1.17 bits per heavy atom. The molecule has 0 unspecified atom stereocenters. The zero-order chi connectivity index (χ0) is 21.4. The number of aryl methyl sites for hydroxylation is 1. The van der Waals surface area contributed by atoms with E-state index in [9.17, 15) is 10.3 Å². The normalized spacial score (nSPS) is 11.2. The van der Waals surface area contributed by atoms with Crippen LogP contribution in [0, 0.1) is 6.92 Å². The first-order valence-electron chi connectivity index (χ1n) is 8.77. The molecule has 0 saturated carbocycles. The Balaban J connectivity index is 2.01. The Morgan fingerprint density at radius 3 is 2.50 bits per heavy atom. The number of halogens is 2. The third kappa shape index (κ3) is 3.70. The standard InChI is InChI=1S/C20H16Cl2N4O2S2/c1-10-4-6-30-18(10)17-16(14-3-5-23-20(24-14)29-2)25-19(26(17)28)15-12(21)7-11(9-27)8-13(15)22/h3-8,27-28H,9H2,1-2H3. The number of nitrogens with zero attached hydrogens (tertiary/aromatic N) is 4. The van der Waals surface area contributed by atoms with Crippen LogP contribution in [0.25, 0.3) is 33.3 Å². The molecule has 0 bridgehead atoms. The van der Waals surface area contributed by atoms with E-state index in [1.54, 1.807) is 24.4 Å². The molecule has 4 rings (SSSR count). The van der Waals surface area contributed by atoms with E-state index in [2.05, 4.69) is 15.0 Å². The van der Waals surface area contributed by atoms with Gasteiger partial charge in [-0.05, 0) is 54.0 Å². The molecule has 154 valence electrons. The minimum Gasteiger partial charge on any atom is -0.426 e. The van der Waals surface area contributed by atoms with Crippen molar-refractivity contribution >= 4 is 46.3 Å². The molecule has 2 N–H and O–H groups in total. The van der Waals surface area contributed by atoms with Gasteiger partial charge in [0.15, 0.2) is 11.0 Å². The second-order valence-electron chi connectivity index (χ2n) is 6.40. The lowest BCUT2D eigenvalue weighted by molar-refractivity contribution is 0.195. The molecular formula is C20H16Cl2N4O2S2. The van der Waals surface area contributed by atoms with E-state index < -0.39 is 0 Å². The van der Waals surface area contributed by atoms with Crippen molar-refractivity contribution in [3.05, 3.63) is 57.0 Å². The highest BCUT2D eigenvalue weighted by molar-refractivity contribution is 7.98. The van der Waals surface area contributed by atoms with Crippen molar-refractivity contribution in [3.8, 4) is 33.3 Å². The van der Waals surface area contributed by atoms with Gasteiger partial charge in [0.25, 0.3) is 0 Å². The van der Waals surface area contributed by atoms with E-state index >= 15 is 0 Å². The van der Waals surface area contributed by atoms with Crippen LogP contribution in [0.1, 0.15) is 11.1 Å². The van der Waals surface area contributed by atoms with Crippen molar-refractivity contribution in [1.29, 1.82) is 0 Å². The number of thiophene rings is 1. The average Bonchev–Trinajstić information content (AvgIpc) is 3.30. The van der Waals surface area contributed by atoms with Gasteiger partial charge in [-0.3, -0.25) is 0 Å². The number of aliphatic hydroxyl groups is 1. The van der Waals surface area contributed by atoms with E-state index in [0.717, 1.165) is 15.2 Å². The van der Waals surface area contributed by atoms with Crippen LogP contribution in [0.4, 0.5) is 0 Å². The van der Waals surface area contributed by atoms with Crippen molar-refractivity contribution in [1.82, 2.24) is 19.7 Å². The summed E-state index contributed by atoms with van der Waals surface area (Å²) in [5, 5.41) is 23.7. The molecule has 4 aromatic rings. The second kappa shape index (κ2) is 8.56. The zero-order valence-corrected chi connectivity index (χ0v) is 19.1. The van der Waals surface area contributed by atoms with Gasteiger partial charge in [-0.1, -0.05) is 35.0 Å². The van der Waals surface area contributed by atoms with Gasteiger partial charge in [0.1, 0.15) is 11.4 Å². The first-order chi connectivity index (χ1) is 14.4. The molecule has 0 saturated heterocycles. The molecule has 3 aromatic heterocycles. The third-order valence-corrected chi connectivity index (χ3v) is 6.68. The van der Waals surface area contributed by atoms with Gasteiger partial charge >= 0.3 is 0 Å². The molecule has 0 atom stereocenters. The summed E-state index contributed by atoms with van der Waals surface area (Å²) in [4.78, 5) is 14.3.